The Morgan fingerprint density at radius 2 is 2.24 bits per heavy atom. The Kier molecular flexibility index (Phi) is 6.82. The maximum atomic E-state index is 13.1. The predicted molar refractivity (Wildman–Crippen MR) is 69.3 cm³/mol. The average Bonchev–Trinajstić information content (AvgIpc) is 2.29. The molecule has 0 fully saturated rings. The molecule has 0 heterocycles. The van der Waals surface area contributed by atoms with Gasteiger partial charge in [0.05, 0.1) is 17.0 Å². The molecule has 1 aromatic carbocycles. The SMILES string of the molecule is COCC(Cl)CCNCc1ccc(Cl)c(F)c1. The molecule has 0 saturated heterocycles. The Bertz CT molecular complexity index is 349. The molecule has 1 atom stereocenters. The van der Waals surface area contributed by atoms with E-state index in [9.17, 15) is 4.39 Å². The van der Waals surface area contributed by atoms with E-state index in [1.807, 2.05) is 0 Å². The fourth-order valence-corrected chi connectivity index (χ4v) is 1.76. The van der Waals surface area contributed by atoms with Crippen LogP contribution in [0.4, 0.5) is 4.39 Å². The highest BCUT2D eigenvalue weighted by molar-refractivity contribution is 6.30. The van der Waals surface area contributed by atoms with Gasteiger partial charge in [0.2, 0.25) is 0 Å². The van der Waals surface area contributed by atoms with Crippen LogP contribution in [0.5, 0.6) is 0 Å². The molecule has 5 heteroatoms. The summed E-state index contributed by atoms with van der Waals surface area (Å²) < 4.78 is 18.0. The normalized spacial score (nSPS) is 12.7. The number of hydrogen-bond donors (Lipinski definition) is 1. The van der Waals surface area contributed by atoms with Gasteiger partial charge in [-0.25, -0.2) is 4.39 Å². The smallest absolute Gasteiger partial charge is 0.142 e. The maximum absolute atomic E-state index is 13.1. The van der Waals surface area contributed by atoms with Crippen molar-refractivity contribution in [3.63, 3.8) is 0 Å². The standard InChI is InChI=1S/C12H16Cl2FNO/c1-17-8-10(13)4-5-16-7-9-2-3-11(14)12(15)6-9/h2-3,6,10,16H,4-5,7-8H2,1H3. The minimum atomic E-state index is -0.388. The number of rotatable bonds is 7. The van der Waals surface area contributed by atoms with E-state index in [0.29, 0.717) is 13.2 Å². The van der Waals surface area contributed by atoms with Crippen LogP contribution in [-0.4, -0.2) is 25.6 Å². The van der Waals surface area contributed by atoms with Crippen molar-refractivity contribution in [2.24, 2.45) is 0 Å². The molecule has 96 valence electrons. The zero-order chi connectivity index (χ0) is 12.7. The molecule has 1 aromatic rings. The molecule has 0 aliphatic carbocycles. The number of benzene rings is 1. The first-order valence-electron chi connectivity index (χ1n) is 5.41. The Labute approximate surface area is 111 Å². The summed E-state index contributed by atoms with van der Waals surface area (Å²) >= 11 is 11.6. The third kappa shape index (κ3) is 5.68. The van der Waals surface area contributed by atoms with E-state index in [0.717, 1.165) is 18.5 Å². The summed E-state index contributed by atoms with van der Waals surface area (Å²) in [7, 11) is 1.62. The predicted octanol–water partition coefficient (Wildman–Crippen LogP) is 3.21. The van der Waals surface area contributed by atoms with Crippen molar-refractivity contribution in [2.45, 2.75) is 18.3 Å². The number of nitrogens with one attached hydrogen (secondary N) is 1. The average molecular weight is 280 g/mol. The van der Waals surface area contributed by atoms with Gasteiger partial charge in [-0.2, -0.15) is 0 Å². The summed E-state index contributed by atoms with van der Waals surface area (Å²) in [4.78, 5) is 0. The van der Waals surface area contributed by atoms with Crippen molar-refractivity contribution in [2.75, 3.05) is 20.3 Å². The van der Waals surface area contributed by atoms with E-state index in [2.05, 4.69) is 5.32 Å². The zero-order valence-corrected chi connectivity index (χ0v) is 11.2. The van der Waals surface area contributed by atoms with Crippen molar-refractivity contribution in [1.29, 1.82) is 0 Å². The Morgan fingerprint density at radius 1 is 1.47 bits per heavy atom. The topological polar surface area (TPSA) is 21.3 Å². The molecular weight excluding hydrogens is 264 g/mol. The quantitative estimate of drug-likeness (QED) is 0.611. The highest BCUT2D eigenvalue weighted by atomic mass is 35.5. The summed E-state index contributed by atoms with van der Waals surface area (Å²) in [5.74, 6) is -0.388. The molecule has 0 radical (unpaired) electrons. The molecule has 0 aliphatic rings. The molecule has 0 bridgehead atoms. The lowest BCUT2D eigenvalue weighted by molar-refractivity contribution is 0.195. The first-order valence-corrected chi connectivity index (χ1v) is 6.22. The van der Waals surface area contributed by atoms with Gasteiger partial charge in [0.15, 0.2) is 0 Å². The molecule has 0 aromatic heterocycles. The maximum Gasteiger partial charge on any atom is 0.142 e. The van der Waals surface area contributed by atoms with Crippen LogP contribution >= 0.6 is 23.2 Å². The number of halogens is 3. The van der Waals surface area contributed by atoms with Gasteiger partial charge in [-0.3, -0.25) is 0 Å². The molecule has 0 aliphatic heterocycles. The molecule has 0 saturated carbocycles. The fraction of sp³-hybridized carbons (Fsp3) is 0.500. The second kappa shape index (κ2) is 7.88. The van der Waals surface area contributed by atoms with Gasteiger partial charge in [0.25, 0.3) is 0 Å². The summed E-state index contributed by atoms with van der Waals surface area (Å²) in [5, 5.41) is 3.34. The van der Waals surface area contributed by atoms with E-state index in [-0.39, 0.29) is 16.2 Å². The summed E-state index contributed by atoms with van der Waals surface area (Å²) in [6.07, 6.45) is 0.811. The first-order chi connectivity index (χ1) is 8.13. The van der Waals surface area contributed by atoms with Crippen LogP contribution in [0.25, 0.3) is 0 Å². The molecule has 1 rings (SSSR count). The van der Waals surface area contributed by atoms with Crippen LogP contribution in [0, 0.1) is 5.82 Å². The van der Waals surface area contributed by atoms with Gasteiger partial charge >= 0.3 is 0 Å². The van der Waals surface area contributed by atoms with Crippen LogP contribution in [0.3, 0.4) is 0 Å². The number of alkyl halides is 1. The van der Waals surface area contributed by atoms with Crippen LogP contribution in [-0.2, 0) is 11.3 Å². The third-order valence-electron chi connectivity index (χ3n) is 2.29. The number of ether oxygens (including phenoxy) is 1. The summed E-state index contributed by atoms with van der Waals surface area (Å²) in [6, 6.07) is 4.79. The first kappa shape index (κ1) is 14.7. The van der Waals surface area contributed by atoms with Crippen molar-refractivity contribution >= 4 is 23.2 Å². The summed E-state index contributed by atoms with van der Waals surface area (Å²) in [5.41, 5.74) is 0.866. The zero-order valence-electron chi connectivity index (χ0n) is 9.68. The lowest BCUT2D eigenvalue weighted by Gasteiger charge is -2.09. The minimum absolute atomic E-state index is 0.00875. The molecule has 0 spiro atoms. The second-order valence-corrected chi connectivity index (χ2v) is 4.79. The van der Waals surface area contributed by atoms with Gasteiger partial charge < -0.3 is 10.1 Å². The molecule has 1 N–H and O–H groups in total. The monoisotopic (exact) mass is 279 g/mol. The highest BCUT2D eigenvalue weighted by Crippen LogP contribution is 2.15. The molecule has 17 heavy (non-hydrogen) atoms. The van der Waals surface area contributed by atoms with Crippen LogP contribution < -0.4 is 5.32 Å². The minimum Gasteiger partial charge on any atom is -0.383 e. The molecule has 2 nitrogen and oxygen atoms in total. The van der Waals surface area contributed by atoms with Gasteiger partial charge in [0.1, 0.15) is 5.82 Å². The number of hydrogen-bond acceptors (Lipinski definition) is 2. The highest BCUT2D eigenvalue weighted by Gasteiger charge is 2.04. The molecule has 0 amide bonds. The van der Waals surface area contributed by atoms with E-state index >= 15 is 0 Å². The summed E-state index contributed by atoms with van der Waals surface area (Å²) in [6.45, 7) is 1.91. The third-order valence-corrected chi connectivity index (χ3v) is 2.95. The van der Waals surface area contributed by atoms with Crippen molar-refractivity contribution in [3.05, 3.63) is 34.6 Å². The van der Waals surface area contributed by atoms with E-state index in [1.165, 1.54) is 6.07 Å². The van der Waals surface area contributed by atoms with Crippen molar-refractivity contribution in [3.8, 4) is 0 Å². The van der Waals surface area contributed by atoms with Gasteiger partial charge in [-0.1, -0.05) is 17.7 Å². The lowest BCUT2D eigenvalue weighted by Crippen LogP contribution is -2.20. The molecular formula is C12H16Cl2FNO. The Morgan fingerprint density at radius 3 is 2.88 bits per heavy atom. The number of methoxy groups -OCH3 is 1. The van der Waals surface area contributed by atoms with Crippen molar-refractivity contribution in [1.82, 2.24) is 5.32 Å². The molecule has 1 unspecified atom stereocenters. The Balaban J connectivity index is 2.24. The fourth-order valence-electron chi connectivity index (χ4n) is 1.41. The Hall–Kier alpha value is -0.350. The van der Waals surface area contributed by atoms with Gasteiger partial charge in [-0.15, -0.1) is 11.6 Å². The van der Waals surface area contributed by atoms with Crippen LogP contribution in [0.2, 0.25) is 5.02 Å². The second-order valence-electron chi connectivity index (χ2n) is 3.77. The lowest BCUT2D eigenvalue weighted by atomic mass is 10.2. The van der Waals surface area contributed by atoms with Crippen molar-refractivity contribution < 1.29 is 9.13 Å². The van der Waals surface area contributed by atoms with Gasteiger partial charge in [-0.05, 0) is 30.7 Å². The van der Waals surface area contributed by atoms with E-state index in [4.69, 9.17) is 27.9 Å². The van der Waals surface area contributed by atoms with E-state index in [1.54, 1.807) is 19.2 Å². The van der Waals surface area contributed by atoms with Gasteiger partial charge in [0, 0.05) is 13.7 Å². The van der Waals surface area contributed by atoms with Crippen LogP contribution in [0.1, 0.15) is 12.0 Å². The van der Waals surface area contributed by atoms with Crippen LogP contribution in [0.15, 0.2) is 18.2 Å². The largest absolute Gasteiger partial charge is 0.383 e. The van der Waals surface area contributed by atoms with E-state index < -0.39 is 0 Å².